The van der Waals surface area contributed by atoms with Crippen molar-refractivity contribution in [1.29, 1.82) is 0 Å². The highest BCUT2D eigenvalue weighted by molar-refractivity contribution is 6.08. The number of fused-ring (bicyclic) bond motifs is 1. The number of anilines is 2. The first-order valence-electron chi connectivity index (χ1n) is 8.94. The number of nitrogens with one attached hydrogen (secondary N) is 1. The lowest BCUT2D eigenvalue weighted by molar-refractivity contribution is 0.102. The van der Waals surface area contributed by atoms with Crippen molar-refractivity contribution in [2.45, 2.75) is 25.1 Å². The molecule has 3 aromatic heterocycles. The first-order valence-corrected chi connectivity index (χ1v) is 8.94. The van der Waals surface area contributed by atoms with Gasteiger partial charge < -0.3 is 16.0 Å². The first-order chi connectivity index (χ1) is 13.8. The molecule has 0 saturated carbocycles. The van der Waals surface area contributed by atoms with Crippen molar-refractivity contribution in [1.82, 2.24) is 24.4 Å². The molecule has 0 unspecified atom stereocenters. The summed E-state index contributed by atoms with van der Waals surface area (Å²) in [5, 5.41) is 10.2. The van der Waals surface area contributed by atoms with Crippen LogP contribution in [-0.2, 0) is 7.05 Å². The largest absolute Gasteiger partial charge is 0.352 e. The van der Waals surface area contributed by atoms with Gasteiger partial charge in [-0.1, -0.05) is 0 Å². The fourth-order valence-corrected chi connectivity index (χ4v) is 3.41. The highest BCUT2D eigenvalue weighted by atomic mass is 19.3. The number of carbonyl (C=O) groups excluding carboxylic acids is 1. The molecule has 9 nitrogen and oxygen atoms in total. The van der Waals surface area contributed by atoms with Crippen molar-refractivity contribution < 1.29 is 18.0 Å². The Hall–Kier alpha value is -3.15. The number of aromatic nitrogens is 5. The smallest absolute Gasteiger partial charge is 0.284 e. The average molecular weight is 408 g/mol. The van der Waals surface area contributed by atoms with Crippen molar-refractivity contribution in [3.8, 4) is 0 Å². The monoisotopic (exact) mass is 408 g/mol. The van der Waals surface area contributed by atoms with Crippen LogP contribution >= 0.6 is 0 Å². The summed E-state index contributed by atoms with van der Waals surface area (Å²) < 4.78 is 42.7. The SMILES string of the molecule is Cn1cc(NC(=O)c2cnn3ccc(N4C[C@H](N)C[C@@H](F)C4)nc23)c(C(F)F)n1. The normalized spacial score (nSPS) is 19.9. The van der Waals surface area contributed by atoms with Crippen LogP contribution in [0.5, 0.6) is 0 Å². The summed E-state index contributed by atoms with van der Waals surface area (Å²) in [6.45, 7) is 0.590. The molecule has 0 aliphatic carbocycles. The molecule has 3 N–H and O–H groups in total. The predicted molar refractivity (Wildman–Crippen MR) is 98.8 cm³/mol. The number of nitrogens with zero attached hydrogens (tertiary/aromatic N) is 6. The van der Waals surface area contributed by atoms with Crippen LogP contribution in [0.25, 0.3) is 5.65 Å². The fraction of sp³-hybridized carbons (Fsp3) is 0.412. The Morgan fingerprint density at radius 3 is 2.90 bits per heavy atom. The van der Waals surface area contributed by atoms with Gasteiger partial charge in [-0.15, -0.1) is 0 Å². The van der Waals surface area contributed by atoms with Crippen molar-refractivity contribution in [2.24, 2.45) is 12.8 Å². The number of rotatable bonds is 4. The van der Waals surface area contributed by atoms with Crippen LogP contribution in [0.2, 0.25) is 0 Å². The minimum atomic E-state index is -2.84. The third-order valence-corrected chi connectivity index (χ3v) is 4.67. The lowest BCUT2D eigenvalue weighted by Gasteiger charge is -2.33. The van der Waals surface area contributed by atoms with Gasteiger partial charge in [0, 0.05) is 32.0 Å². The molecule has 0 spiro atoms. The number of aryl methyl sites for hydroxylation is 1. The molecule has 0 aromatic carbocycles. The molecule has 12 heteroatoms. The van der Waals surface area contributed by atoms with Gasteiger partial charge in [-0.2, -0.15) is 10.2 Å². The zero-order valence-corrected chi connectivity index (χ0v) is 15.5. The molecule has 29 heavy (non-hydrogen) atoms. The Labute approximate surface area is 163 Å². The maximum atomic E-state index is 13.9. The first kappa shape index (κ1) is 19.2. The summed E-state index contributed by atoms with van der Waals surface area (Å²) in [6.07, 6.45) is 0.563. The highest BCUT2D eigenvalue weighted by Crippen LogP contribution is 2.26. The van der Waals surface area contributed by atoms with E-state index in [1.165, 1.54) is 28.6 Å². The molecule has 0 radical (unpaired) electrons. The third-order valence-electron chi connectivity index (χ3n) is 4.67. The number of alkyl halides is 3. The standard InChI is InChI=1S/C17H19F3N8O/c1-26-8-12(14(25-26)15(19)20)23-17(29)11-5-22-28-3-2-13(24-16(11)28)27-6-9(18)4-10(21)7-27/h2-3,5,8-10,15H,4,6-7,21H2,1H3,(H,23,29)/t9-,10-/m1/s1. The van der Waals surface area contributed by atoms with E-state index in [9.17, 15) is 18.0 Å². The van der Waals surface area contributed by atoms with E-state index in [-0.39, 0.29) is 35.9 Å². The van der Waals surface area contributed by atoms with Crippen LogP contribution in [0.3, 0.4) is 0 Å². The van der Waals surface area contributed by atoms with E-state index in [4.69, 9.17) is 5.73 Å². The molecule has 1 amide bonds. The molecule has 154 valence electrons. The summed E-state index contributed by atoms with van der Waals surface area (Å²) in [6, 6.07) is 1.34. The number of hydrogen-bond donors (Lipinski definition) is 2. The van der Waals surface area contributed by atoms with E-state index in [0.29, 0.717) is 12.4 Å². The van der Waals surface area contributed by atoms with E-state index in [0.717, 1.165) is 0 Å². The lowest BCUT2D eigenvalue weighted by atomic mass is 10.1. The Morgan fingerprint density at radius 1 is 1.38 bits per heavy atom. The molecule has 1 saturated heterocycles. The lowest BCUT2D eigenvalue weighted by Crippen LogP contribution is -2.48. The number of nitrogens with two attached hydrogens (primary N) is 1. The summed E-state index contributed by atoms with van der Waals surface area (Å²) in [5.41, 5.74) is 5.58. The van der Waals surface area contributed by atoms with Crippen LogP contribution in [0, 0.1) is 0 Å². The average Bonchev–Trinajstić information content (AvgIpc) is 3.23. The number of piperidine rings is 1. The van der Waals surface area contributed by atoms with Gasteiger partial charge in [0.15, 0.2) is 11.3 Å². The van der Waals surface area contributed by atoms with Gasteiger partial charge in [0.1, 0.15) is 17.6 Å². The summed E-state index contributed by atoms with van der Waals surface area (Å²) in [5.74, 6) is -0.197. The Kier molecular flexibility index (Phi) is 4.86. The van der Waals surface area contributed by atoms with E-state index in [1.54, 1.807) is 17.2 Å². The van der Waals surface area contributed by atoms with Gasteiger partial charge >= 0.3 is 0 Å². The van der Waals surface area contributed by atoms with E-state index in [2.05, 4.69) is 20.5 Å². The molecule has 4 heterocycles. The fourth-order valence-electron chi connectivity index (χ4n) is 3.41. The van der Waals surface area contributed by atoms with E-state index in [1.807, 2.05) is 0 Å². The third kappa shape index (κ3) is 3.75. The van der Waals surface area contributed by atoms with Crippen LogP contribution in [0.4, 0.5) is 24.7 Å². The van der Waals surface area contributed by atoms with Crippen molar-refractivity contribution in [3.63, 3.8) is 0 Å². The summed E-state index contributed by atoms with van der Waals surface area (Å²) in [7, 11) is 1.48. The van der Waals surface area contributed by atoms with Crippen molar-refractivity contribution >= 4 is 23.1 Å². The number of hydrogen-bond acceptors (Lipinski definition) is 6. The van der Waals surface area contributed by atoms with E-state index < -0.39 is 24.2 Å². The minimum Gasteiger partial charge on any atom is -0.352 e. The molecular formula is C17H19F3N8O. The summed E-state index contributed by atoms with van der Waals surface area (Å²) >= 11 is 0. The number of halogens is 3. The molecule has 1 aliphatic rings. The Balaban J connectivity index is 1.63. The maximum absolute atomic E-state index is 13.9. The summed E-state index contributed by atoms with van der Waals surface area (Å²) in [4.78, 5) is 18.8. The van der Waals surface area contributed by atoms with Gasteiger partial charge in [0.2, 0.25) is 0 Å². The van der Waals surface area contributed by atoms with Gasteiger partial charge in [-0.3, -0.25) is 9.48 Å². The second-order valence-corrected chi connectivity index (χ2v) is 6.97. The second kappa shape index (κ2) is 7.35. The van der Waals surface area contributed by atoms with E-state index >= 15 is 0 Å². The van der Waals surface area contributed by atoms with Crippen LogP contribution in [-0.4, -0.2) is 55.6 Å². The van der Waals surface area contributed by atoms with Gasteiger partial charge in [0.05, 0.1) is 18.4 Å². The quantitative estimate of drug-likeness (QED) is 0.678. The number of carbonyl (C=O) groups is 1. The van der Waals surface area contributed by atoms with Gasteiger partial charge in [0.25, 0.3) is 12.3 Å². The van der Waals surface area contributed by atoms with Gasteiger partial charge in [-0.25, -0.2) is 22.7 Å². The van der Waals surface area contributed by atoms with Crippen molar-refractivity contribution in [3.05, 3.63) is 35.9 Å². The zero-order valence-electron chi connectivity index (χ0n) is 15.5. The molecule has 0 bridgehead atoms. The van der Waals surface area contributed by atoms with Crippen molar-refractivity contribution in [2.75, 3.05) is 23.3 Å². The molecule has 4 rings (SSSR count). The molecule has 3 aromatic rings. The Bertz CT molecular complexity index is 1040. The van der Waals surface area contributed by atoms with Crippen LogP contribution in [0.1, 0.15) is 28.9 Å². The molecular weight excluding hydrogens is 389 g/mol. The highest BCUT2D eigenvalue weighted by Gasteiger charge is 2.27. The Morgan fingerprint density at radius 2 is 2.17 bits per heavy atom. The molecule has 1 fully saturated rings. The maximum Gasteiger partial charge on any atom is 0.284 e. The number of amides is 1. The topological polar surface area (TPSA) is 106 Å². The van der Waals surface area contributed by atoms with Crippen LogP contribution < -0.4 is 16.0 Å². The molecule has 1 aliphatic heterocycles. The second-order valence-electron chi connectivity index (χ2n) is 6.97. The molecule has 2 atom stereocenters. The van der Waals surface area contributed by atoms with Gasteiger partial charge in [-0.05, 0) is 12.5 Å². The minimum absolute atomic E-state index is 0.0917. The predicted octanol–water partition coefficient (Wildman–Crippen LogP) is 1.53. The zero-order chi connectivity index (χ0) is 20.7. The van der Waals surface area contributed by atoms with Crippen LogP contribution in [0.15, 0.2) is 24.7 Å².